The lowest BCUT2D eigenvalue weighted by atomic mass is 10.1. The van der Waals surface area contributed by atoms with Crippen LogP contribution >= 0.6 is 50.7 Å². The summed E-state index contributed by atoms with van der Waals surface area (Å²) in [7, 11) is 0. The largest absolute Gasteiger partial charge is 0.487 e. The lowest BCUT2D eigenvalue weighted by molar-refractivity contribution is 0.102. The quantitative estimate of drug-likeness (QED) is 0.243. The predicted molar refractivity (Wildman–Crippen MR) is 140 cm³/mol. The zero-order valence-corrected chi connectivity index (χ0v) is 21.8. The molecule has 0 aliphatic carbocycles. The minimum atomic E-state index is -0.273. The summed E-state index contributed by atoms with van der Waals surface area (Å²) in [5.41, 5.74) is 3.35. The molecule has 0 bridgehead atoms. The molecule has 0 saturated heterocycles. The summed E-state index contributed by atoms with van der Waals surface area (Å²) >= 11 is 21.8. The smallest absolute Gasteiger partial charge is 0.256 e. The molecule has 0 atom stereocenters. The van der Waals surface area contributed by atoms with Gasteiger partial charge in [-0.05, 0) is 75.9 Å². The SMILES string of the molecule is Cc1ccc(Cl)c(OCc2ccc(C(=O)Nc3nn(Cc4ccc(Cl)cc4Cl)cc3Br)cc2)c1. The summed E-state index contributed by atoms with van der Waals surface area (Å²) in [5.74, 6) is 0.769. The second-order valence-electron chi connectivity index (χ2n) is 7.63. The van der Waals surface area contributed by atoms with E-state index in [1.807, 2.05) is 43.3 Å². The van der Waals surface area contributed by atoms with E-state index in [0.29, 0.717) is 49.8 Å². The molecule has 4 rings (SSSR count). The highest BCUT2D eigenvalue weighted by molar-refractivity contribution is 9.10. The first-order valence-electron chi connectivity index (χ1n) is 10.2. The van der Waals surface area contributed by atoms with Gasteiger partial charge < -0.3 is 10.1 Å². The number of hydrogen-bond donors (Lipinski definition) is 1. The molecule has 0 fully saturated rings. The Balaban J connectivity index is 1.38. The van der Waals surface area contributed by atoms with Crippen LogP contribution < -0.4 is 10.1 Å². The van der Waals surface area contributed by atoms with Gasteiger partial charge in [0.05, 0.1) is 16.0 Å². The first kappa shape index (κ1) is 24.6. The fourth-order valence-electron chi connectivity index (χ4n) is 3.20. The summed E-state index contributed by atoms with van der Waals surface area (Å²) in [6.07, 6.45) is 1.78. The van der Waals surface area contributed by atoms with Crippen LogP contribution in [0.1, 0.15) is 27.0 Å². The minimum absolute atomic E-state index is 0.273. The van der Waals surface area contributed by atoms with Crippen LogP contribution in [0.5, 0.6) is 5.75 Å². The van der Waals surface area contributed by atoms with Gasteiger partial charge in [-0.25, -0.2) is 0 Å². The van der Waals surface area contributed by atoms with E-state index >= 15 is 0 Å². The van der Waals surface area contributed by atoms with Gasteiger partial charge in [0.2, 0.25) is 0 Å². The fourth-order valence-corrected chi connectivity index (χ4v) is 4.26. The molecule has 9 heteroatoms. The average molecular weight is 580 g/mol. The Morgan fingerprint density at radius 1 is 1.03 bits per heavy atom. The Labute approximate surface area is 220 Å². The topological polar surface area (TPSA) is 56.1 Å². The van der Waals surface area contributed by atoms with Gasteiger partial charge in [-0.3, -0.25) is 9.48 Å². The number of halogens is 4. The highest BCUT2D eigenvalue weighted by Crippen LogP contribution is 2.27. The van der Waals surface area contributed by atoms with Gasteiger partial charge in [-0.2, -0.15) is 5.10 Å². The maximum Gasteiger partial charge on any atom is 0.256 e. The Kier molecular flexibility index (Phi) is 7.84. The van der Waals surface area contributed by atoms with E-state index in [0.717, 1.165) is 16.7 Å². The zero-order valence-electron chi connectivity index (χ0n) is 18.0. The fraction of sp³-hybridized carbons (Fsp3) is 0.120. The first-order chi connectivity index (χ1) is 16.3. The van der Waals surface area contributed by atoms with Gasteiger partial charge in [0.1, 0.15) is 12.4 Å². The Bertz CT molecular complexity index is 1340. The van der Waals surface area contributed by atoms with Crippen LogP contribution in [0.25, 0.3) is 0 Å². The number of carbonyl (C=O) groups is 1. The van der Waals surface area contributed by atoms with E-state index in [9.17, 15) is 4.79 Å². The number of anilines is 1. The molecule has 34 heavy (non-hydrogen) atoms. The Morgan fingerprint density at radius 2 is 1.79 bits per heavy atom. The maximum absolute atomic E-state index is 12.7. The Morgan fingerprint density at radius 3 is 2.53 bits per heavy atom. The molecule has 1 N–H and O–H groups in total. The van der Waals surface area contributed by atoms with Crippen LogP contribution in [-0.4, -0.2) is 15.7 Å². The molecular formula is C25H19BrCl3N3O2. The van der Waals surface area contributed by atoms with Crippen molar-refractivity contribution in [1.82, 2.24) is 9.78 Å². The van der Waals surface area contributed by atoms with Crippen molar-refractivity contribution in [2.75, 3.05) is 5.32 Å². The van der Waals surface area contributed by atoms with Crippen LogP contribution in [0.3, 0.4) is 0 Å². The summed E-state index contributed by atoms with van der Waals surface area (Å²) in [6, 6.07) is 18.1. The monoisotopic (exact) mass is 577 g/mol. The van der Waals surface area contributed by atoms with Crippen LogP contribution in [0.4, 0.5) is 5.82 Å². The lowest BCUT2D eigenvalue weighted by Gasteiger charge is -2.09. The summed E-state index contributed by atoms with van der Waals surface area (Å²) in [6.45, 7) is 2.75. The molecule has 0 unspecified atom stereocenters. The van der Waals surface area contributed by atoms with E-state index in [1.54, 1.807) is 35.1 Å². The number of aryl methyl sites for hydroxylation is 1. The molecule has 1 amide bonds. The van der Waals surface area contributed by atoms with Crippen molar-refractivity contribution in [3.05, 3.63) is 109 Å². The van der Waals surface area contributed by atoms with E-state index in [-0.39, 0.29) is 5.91 Å². The minimum Gasteiger partial charge on any atom is -0.487 e. The zero-order chi connectivity index (χ0) is 24.2. The van der Waals surface area contributed by atoms with Crippen molar-refractivity contribution in [2.45, 2.75) is 20.1 Å². The third-order valence-corrected chi connectivity index (χ3v) is 6.47. The molecule has 0 aliphatic rings. The number of ether oxygens (including phenoxy) is 1. The number of amides is 1. The van der Waals surface area contributed by atoms with Crippen molar-refractivity contribution >= 4 is 62.5 Å². The maximum atomic E-state index is 12.7. The average Bonchev–Trinajstić information content (AvgIpc) is 3.15. The number of nitrogens with zero attached hydrogens (tertiary/aromatic N) is 2. The molecule has 0 saturated carbocycles. The van der Waals surface area contributed by atoms with Gasteiger partial charge >= 0.3 is 0 Å². The van der Waals surface area contributed by atoms with Gasteiger partial charge in [0.15, 0.2) is 5.82 Å². The molecular weight excluding hydrogens is 561 g/mol. The molecule has 0 aliphatic heterocycles. The number of hydrogen-bond acceptors (Lipinski definition) is 3. The van der Waals surface area contributed by atoms with Gasteiger partial charge in [0.25, 0.3) is 5.91 Å². The van der Waals surface area contributed by atoms with Crippen molar-refractivity contribution in [3.63, 3.8) is 0 Å². The molecule has 0 spiro atoms. The van der Waals surface area contributed by atoms with Crippen LogP contribution in [0, 0.1) is 6.92 Å². The van der Waals surface area contributed by atoms with Crippen molar-refractivity contribution < 1.29 is 9.53 Å². The summed E-state index contributed by atoms with van der Waals surface area (Å²) < 4.78 is 8.16. The van der Waals surface area contributed by atoms with Gasteiger partial charge in [-0.15, -0.1) is 0 Å². The van der Waals surface area contributed by atoms with Gasteiger partial charge in [0, 0.05) is 21.8 Å². The lowest BCUT2D eigenvalue weighted by Crippen LogP contribution is -2.13. The van der Waals surface area contributed by atoms with E-state index in [1.165, 1.54) is 0 Å². The molecule has 3 aromatic carbocycles. The molecule has 174 valence electrons. The van der Waals surface area contributed by atoms with Crippen molar-refractivity contribution in [3.8, 4) is 5.75 Å². The van der Waals surface area contributed by atoms with Crippen LogP contribution in [0.15, 0.2) is 71.3 Å². The van der Waals surface area contributed by atoms with E-state index in [4.69, 9.17) is 39.5 Å². The first-order valence-corrected chi connectivity index (χ1v) is 12.2. The standard InChI is InChI=1S/C25H19BrCl3N3O2/c1-15-2-9-21(28)23(10-15)34-14-16-3-5-17(6-4-16)25(33)30-24-20(26)13-32(31-24)12-18-7-8-19(27)11-22(18)29/h2-11,13H,12,14H2,1H3,(H,30,31,33). The molecule has 1 aromatic heterocycles. The number of aromatic nitrogens is 2. The van der Waals surface area contributed by atoms with Crippen LogP contribution in [-0.2, 0) is 13.2 Å². The summed E-state index contributed by atoms with van der Waals surface area (Å²) in [4.78, 5) is 12.7. The number of rotatable bonds is 7. The number of benzene rings is 3. The second-order valence-corrected chi connectivity index (χ2v) is 9.74. The number of nitrogens with one attached hydrogen (secondary N) is 1. The molecule has 5 nitrogen and oxygen atoms in total. The highest BCUT2D eigenvalue weighted by atomic mass is 79.9. The predicted octanol–water partition coefficient (Wildman–Crippen LogP) is 7.79. The van der Waals surface area contributed by atoms with Crippen LogP contribution in [0.2, 0.25) is 15.1 Å². The van der Waals surface area contributed by atoms with Gasteiger partial charge in [-0.1, -0.05) is 59.1 Å². The Hall–Kier alpha value is -2.51. The third kappa shape index (κ3) is 6.13. The summed E-state index contributed by atoms with van der Waals surface area (Å²) in [5, 5.41) is 8.95. The third-order valence-electron chi connectivity index (χ3n) is 4.99. The van der Waals surface area contributed by atoms with Crippen molar-refractivity contribution in [2.24, 2.45) is 0 Å². The normalized spacial score (nSPS) is 10.9. The second kappa shape index (κ2) is 10.8. The van der Waals surface area contributed by atoms with E-state index < -0.39 is 0 Å². The molecule has 0 radical (unpaired) electrons. The van der Waals surface area contributed by atoms with E-state index in [2.05, 4.69) is 26.3 Å². The van der Waals surface area contributed by atoms with Crippen molar-refractivity contribution in [1.29, 1.82) is 0 Å². The number of carbonyl (C=O) groups excluding carboxylic acids is 1. The molecule has 4 aromatic rings. The molecule has 1 heterocycles. The highest BCUT2D eigenvalue weighted by Gasteiger charge is 2.13.